The summed E-state index contributed by atoms with van der Waals surface area (Å²) >= 11 is 0. The van der Waals surface area contributed by atoms with E-state index in [-0.39, 0.29) is 0 Å². The normalized spacial score (nSPS) is 10.8. The van der Waals surface area contributed by atoms with Crippen LogP contribution in [0.3, 0.4) is 0 Å². The summed E-state index contributed by atoms with van der Waals surface area (Å²) in [5.41, 5.74) is 0.925. The van der Waals surface area contributed by atoms with E-state index in [0.717, 1.165) is 10.9 Å². The molecule has 0 bridgehead atoms. The Bertz CT molecular complexity index is 589. The molecule has 1 heteroatoms. The first-order chi connectivity index (χ1) is 14.7. The molecule has 2 aromatic rings. The van der Waals surface area contributed by atoms with Crippen LogP contribution in [0.4, 0.5) is 0 Å². The van der Waals surface area contributed by atoms with Crippen molar-refractivity contribution in [2.75, 3.05) is 0 Å². The number of hydrogen-bond acceptors (Lipinski definition) is 1. The molecule has 0 aliphatic rings. The number of phenols is 1. The van der Waals surface area contributed by atoms with Crippen molar-refractivity contribution in [3.05, 3.63) is 42.0 Å². The number of fused-ring (bicyclic) bond motifs is 1. The van der Waals surface area contributed by atoms with Gasteiger partial charge in [-0.1, -0.05) is 141 Å². The molecule has 0 saturated heterocycles. The van der Waals surface area contributed by atoms with Gasteiger partial charge in [-0.2, -0.15) is 0 Å². The van der Waals surface area contributed by atoms with Crippen molar-refractivity contribution in [3.8, 4) is 5.75 Å². The molecule has 0 spiro atoms. The van der Waals surface area contributed by atoms with E-state index in [2.05, 4.69) is 13.8 Å². The molecule has 0 heterocycles. The van der Waals surface area contributed by atoms with E-state index in [4.69, 9.17) is 0 Å². The van der Waals surface area contributed by atoms with Gasteiger partial charge in [0.05, 0.1) is 0 Å². The van der Waals surface area contributed by atoms with Gasteiger partial charge < -0.3 is 5.11 Å². The molecule has 0 radical (unpaired) electrons. The number of aryl methyl sites for hydroxylation is 1. The van der Waals surface area contributed by atoms with E-state index >= 15 is 0 Å². The van der Waals surface area contributed by atoms with Crippen molar-refractivity contribution in [1.29, 1.82) is 0 Å². The van der Waals surface area contributed by atoms with Gasteiger partial charge in [0.15, 0.2) is 0 Å². The molecule has 0 aromatic heterocycles. The second kappa shape index (κ2) is 18.3. The molecule has 1 N–H and O–H groups in total. The Morgan fingerprint density at radius 2 is 0.867 bits per heavy atom. The summed E-state index contributed by atoms with van der Waals surface area (Å²) in [6, 6.07) is 11.8. The van der Waals surface area contributed by atoms with Gasteiger partial charge in [0, 0.05) is 0 Å². The molecular formula is C29H48O. The Hall–Kier alpha value is -1.50. The quantitative estimate of drug-likeness (QED) is 0.288. The number of unbranched alkanes of at least 4 members (excludes halogenated alkanes) is 15. The van der Waals surface area contributed by atoms with Crippen molar-refractivity contribution in [3.63, 3.8) is 0 Å². The number of aromatic hydroxyl groups is 1. The standard InChI is InChI=1S/C18H38.C11H10O/c1-3-5-7-9-11-13-15-17-18-16-14-12-10-8-6-4-2;1-8-6-9-4-2-3-5-10(9)7-11(8)12/h3-18H2,1-2H3;2-7,12H,1H3. The van der Waals surface area contributed by atoms with Crippen LogP contribution in [0.15, 0.2) is 36.4 Å². The van der Waals surface area contributed by atoms with E-state index in [0.29, 0.717) is 5.75 Å². The van der Waals surface area contributed by atoms with Gasteiger partial charge in [-0.3, -0.25) is 0 Å². The van der Waals surface area contributed by atoms with Crippen molar-refractivity contribution >= 4 is 10.8 Å². The van der Waals surface area contributed by atoms with Crippen LogP contribution in [-0.4, -0.2) is 5.11 Å². The van der Waals surface area contributed by atoms with E-state index in [1.165, 1.54) is 108 Å². The third-order valence-electron chi connectivity index (χ3n) is 6.02. The zero-order valence-electron chi connectivity index (χ0n) is 20.2. The van der Waals surface area contributed by atoms with Crippen LogP contribution in [0, 0.1) is 6.92 Å². The first-order valence-corrected chi connectivity index (χ1v) is 12.9. The zero-order valence-corrected chi connectivity index (χ0v) is 20.2. The van der Waals surface area contributed by atoms with E-state index in [1.54, 1.807) is 6.07 Å². The molecule has 0 atom stereocenters. The molecule has 2 rings (SSSR count). The molecule has 0 aliphatic heterocycles. The van der Waals surface area contributed by atoms with Gasteiger partial charge in [0.2, 0.25) is 0 Å². The summed E-state index contributed by atoms with van der Waals surface area (Å²) in [6.45, 7) is 6.49. The maximum atomic E-state index is 9.42. The van der Waals surface area contributed by atoms with Crippen LogP contribution >= 0.6 is 0 Å². The van der Waals surface area contributed by atoms with Crippen molar-refractivity contribution in [2.45, 2.75) is 124 Å². The second-order valence-electron chi connectivity index (χ2n) is 8.94. The van der Waals surface area contributed by atoms with Crippen LogP contribution in [0.2, 0.25) is 0 Å². The van der Waals surface area contributed by atoms with Gasteiger partial charge in [-0.25, -0.2) is 0 Å². The first-order valence-electron chi connectivity index (χ1n) is 12.9. The highest BCUT2D eigenvalue weighted by atomic mass is 16.3. The molecule has 0 aliphatic carbocycles. The van der Waals surface area contributed by atoms with Crippen LogP contribution in [-0.2, 0) is 0 Å². The lowest BCUT2D eigenvalue weighted by atomic mass is 10.0. The first kappa shape index (κ1) is 26.5. The maximum Gasteiger partial charge on any atom is 0.119 e. The third kappa shape index (κ3) is 12.9. The maximum absolute atomic E-state index is 9.42. The fourth-order valence-corrected chi connectivity index (χ4v) is 3.96. The Balaban J connectivity index is 0.000000321. The number of benzene rings is 2. The summed E-state index contributed by atoms with van der Waals surface area (Å²) in [5.74, 6) is 0.369. The average molecular weight is 413 g/mol. The molecule has 30 heavy (non-hydrogen) atoms. The Kier molecular flexibility index (Phi) is 16.2. The van der Waals surface area contributed by atoms with Gasteiger partial charge in [0.25, 0.3) is 0 Å². The monoisotopic (exact) mass is 412 g/mol. The SMILES string of the molecule is CCCCCCCCCCCCCCCCCC.Cc1cc2ccccc2cc1O. The van der Waals surface area contributed by atoms with Crippen molar-refractivity contribution < 1.29 is 5.11 Å². The van der Waals surface area contributed by atoms with Crippen LogP contribution in [0.25, 0.3) is 10.8 Å². The van der Waals surface area contributed by atoms with E-state index in [1.807, 2.05) is 37.3 Å². The van der Waals surface area contributed by atoms with Crippen molar-refractivity contribution in [1.82, 2.24) is 0 Å². The lowest BCUT2D eigenvalue weighted by Crippen LogP contribution is -1.83. The fraction of sp³-hybridized carbons (Fsp3) is 0.655. The molecule has 1 nitrogen and oxygen atoms in total. The van der Waals surface area contributed by atoms with E-state index in [9.17, 15) is 5.11 Å². The predicted octanol–water partition coefficient (Wildman–Crippen LogP) is 10.1. The summed E-state index contributed by atoms with van der Waals surface area (Å²) in [7, 11) is 0. The summed E-state index contributed by atoms with van der Waals surface area (Å²) in [4.78, 5) is 0. The Morgan fingerprint density at radius 3 is 1.23 bits per heavy atom. The average Bonchev–Trinajstić information content (AvgIpc) is 2.75. The van der Waals surface area contributed by atoms with Crippen LogP contribution < -0.4 is 0 Å². The molecule has 0 fully saturated rings. The molecule has 0 unspecified atom stereocenters. The summed E-state index contributed by atoms with van der Waals surface area (Å²) in [6.07, 6.45) is 23.4. The summed E-state index contributed by atoms with van der Waals surface area (Å²) < 4.78 is 0. The third-order valence-corrected chi connectivity index (χ3v) is 6.02. The Morgan fingerprint density at radius 1 is 0.533 bits per heavy atom. The molecule has 0 saturated carbocycles. The van der Waals surface area contributed by atoms with Gasteiger partial charge in [-0.05, 0) is 35.4 Å². The largest absolute Gasteiger partial charge is 0.508 e. The second-order valence-corrected chi connectivity index (χ2v) is 8.94. The zero-order chi connectivity index (χ0) is 21.9. The van der Waals surface area contributed by atoms with Gasteiger partial charge in [0.1, 0.15) is 5.75 Å². The molecule has 0 amide bonds. The van der Waals surface area contributed by atoms with Crippen LogP contribution in [0.5, 0.6) is 5.75 Å². The lowest BCUT2D eigenvalue weighted by molar-refractivity contribution is 0.472. The fourth-order valence-electron chi connectivity index (χ4n) is 3.96. The predicted molar refractivity (Wildman–Crippen MR) is 136 cm³/mol. The van der Waals surface area contributed by atoms with Gasteiger partial charge >= 0.3 is 0 Å². The Labute approximate surface area is 187 Å². The molecule has 2 aromatic carbocycles. The minimum atomic E-state index is 0.369. The number of phenolic OH excluding ortho intramolecular Hbond substituents is 1. The summed E-state index contributed by atoms with van der Waals surface area (Å²) in [5, 5.41) is 11.7. The van der Waals surface area contributed by atoms with Gasteiger partial charge in [-0.15, -0.1) is 0 Å². The van der Waals surface area contributed by atoms with E-state index < -0.39 is 0 Å². The van der Waals surface area contributed by atoms with Crippen LogP contribution in [0.1, 0.15) is 122 Å². The highest BCUT2D eigenvalue weighted by molar-refractivity contribution is 5.84. The lowest BCUT2D eigenvalue weighted by Gasteiger charge is -2.03. The highest BCUT2D eigenvalue weighted by Gasteiger charge is 1.97. The minimum Gasteiger partial charge on any atom is -0.508 e. The molecular weight excluding hydrogens is 364 g/mol. The highest BCUT2D eigenvalue weighted by Crippen LogP contribution is 2.23. The van der Waals surface area contributed by atoms with Crippen molar-refractivity contribution in [2.24, 2.45) is 0 Å². The minimum absolute atomic E-state index is 0.369. The smallest absolute Gasteiger partial charge is 0.119 e. The number of rotatable bonds is 15. The topological polar surface area (TPSA) is 20.2 Å². The molecule has 170 valence electrons. The number of hydrogen-bond donors (Lipinski definition) is 1.